The van der Waals surface area contributed by atoms with Crippen molar-refractivity contribution in [3.63, 3.8) is 0 Å². The molecule has 1 aliphatic heterocycles. The van der Waals surface area contributed by atoms with Gasteiger partial charge in [0.2, 0.25) is 0 Å². The van der Waals surface area contributed by atoms with Crippen LogP contribution < -0.4 is 10.6 Å². The molecule has 1 amide bonds. The van der Waals surface area contributed by atoms with E-state index in [-0.39, 0.29) is 23.9 Å². The lowest BCUT2D eigenvalue weighted by Gasteiger charge is -2.14. The Labute approximate surface area is 126 Å². The van der Waals surface area contributed by atoms with Gasteiger partial charge in [-0.3, -0.25) is 4.79 Å². The largest absolute Gasteiger partial charge is 0.348 e. The number of benzene rings is 1. The van der Waals surface area contributed by atoms with E-state index < -0.39 is 5.82 Å². The molecule has 6 heteroatoms. The van der Waals surface area contributed by atoms with Crippen LogP contribution in [0.1, 0.15) is 16.8 Å². The molecule has 104 valence electrons. The predicted octanol–water partition coefficient (Wildman–Crippen LogP) is 2.66. The molecule has 0 saturated heterocycles. The van der Waals surface area contributed by atoms with Crippen molar-refractivity contribution in [2.45, 2.75) is 6.42 Å². The summed E-state index contributed by atoms with van der Waals surface area (Å²) in [5.74, 6) is -0.886. The number of amides is 1. The first kappa shape index (κ1) is 16.1. The van der Waals surface area contributed by atoms with E-state index in [9.17, 15) is 9.18 Å². The van der Waals surface area contributed by atoms with Gasteiger partial charge in [-0.1, -0.05) is 27.6 Å². The Morgan fingerprint density at radius 2 is 2.26 bits per heavy atom. The molecule has 0 unspecified atom stereocenters. The molecular weight excluding hydrogens is 335 g/mol. The highest BCUT2D eigenvalue weighted by molar-refractivity contribution is 9.10. The molecule has 0 aromatic heterocycles. The highest BCUT2D eigenvalue weighted by atomic mass is 79.9. The van der Waals surface area contributed by atoms with Gasteiger partial charge in [0.15, 0.2) is 0 Å². The van der Waals surface area contributed by atoms with Gasteiger partial charge in [0.25, 0.3) is 5.91 Å². The summed E-state index contributed by atoms with van der Waals surface area (Å²) in [6.07, 6.45) is 2.97. The average Bonchev–Trinajstić information content (AvgIpc) is 2.40. The maximum atomic E-state index is 13.5. The second-order valence-corrected chi connectivity index (χ2v) is 5.04. The third kappa shape index (κ3) is 4.60. The summed E-state index contributed by atoms with van der Waals surface area (Å²) in [6, 6.07) is 4.34. The predicted molar refractivity (Wildman–Crippen MR) is 79.3 cm³/mol. The Hall–Kier alpha value is -0.910. The second-order valence-electron chi connectivity index (χ2n) is 4.12. The van der Waals surface area contributed by atoms with Gasteiger partial charge >= 0.3 is 0 Å². The zero-order valence-corrected chi connectivity index (χ0v) is 12.6. The van der Waals surface area contributed by atoms with Crippen molar-refractivity contribution in [1.29, 1.82) is 0 Å². The summed E-state index contributed by atoms with van der Waals surface area (Å²) < 4.78 is 14.2. The van der Waals surface area contributed by atoms with Crippen LogP contribution in [0.4, 0.5) is 4.39 Å². The lowest BCUT2D eigenvalue weighted by atomic mass is 10.1. The van der Waals surface area contributed by atoms with Gasteiger partial charge in [0.1, 0.15) is 5.82 Å². The molecule has 2 N–H and O–H groups in total. The van der Waals surface area contributed by atoms with Crippen LogP contribution in [-0.2, 0) is 0 Å². The molecule has 0 radical (unpaired) electrons. The number of hydrogen-bond acceptors (Lipinski definition) is 2. The van der Waals surface area contributed by atoms with Crippen molar-refractivity contribution in [3.8, 4) is 0 Å². The zero-order chi connectivity index (χ0) is 13.0. The van der Waals surface area contributed by atoms with Crippen LogP contribution in [0, 0.1) is 5.82 Å². The molecule has 1 heterocycles. The molecule has 1 aliphatic rings. The molecule has 1 aromatic carbocycles. The van der Waals surface area contributed by atoms with Crippen LogP contribution in [0.2, 0.25) is 0 Å². The van der Waals surface area contributed by atoms with Crippen molar-refractivity contribution in [1.82, 2.24) is 10.6 Å². The number of hydrogen-bond donors (Lipinski definition) is 2. The van der Waals surface area contributed by atoms with Gasteiger partial charge in [-0.2, -0.15) is 0 Å². The first-order valence-corrected chi connectivity index (χ1v) is 6.58. The van der Waals surface area contributed by atoms with E-state index in [2.05, 4.69) is 32.6 Å². The smallest absolute Gasteiger partial charge is 0.254 e. The summed E-state index contributed by atoms with van der Waals surface area (Å²) in [5.41, 5.74) is 1.25. The topological polar surface area (TPSA) is 41.1 Å². The summed E-state index contributed by atoms with van der Waals surface area (Å²) in [6.45, 7) is 2.23. The highest BCUT2D eigenvalue weighted by Crippen LogP contribution is 2.15. The van der Waals surface area contributed by atoms with Gasteiger partial charge in [0.05, 0.1) is 5.56 Å². The molecule has 19 heavy (non-hydrogen) atoms. The van der Waals surface area contributed by atoms with Gasteiger partial charge in [-0.25, -0.2) is 4.39 Å². The maximum Gasteiger partial charge on any atom is 0.254 e. The van der Waals surface area contributed by atoms with E-state index in [1.54, 1.807) is 6.07 Å². The minimum absolute atomic E-state index is 0. The third-order valence-electron chi connectivity index (χ3n) is 2.81. The molecule has 2 rings (SSSR count). The van der Waals surface area contributed by atoms with Crippen molar-refractivity contribution in [2.24, 2.45) is 0 Å². The van der Waals surface area contributed by atoms with Crippen LogP contribution in [0.25, 0.3) is 0 Å². The number of carbonyl (C=O) groups is 1. The standard InChI is InChI=1S/C13H14BrFN2O.ClH/c14-10-1-2-12(15)11(7-10)13(18)17-8-9-3-5-16-6-4-9;/h1-3,7,16H,4-6,8H2,(H,17,18);1H. The Morgan fingerprint density at radius 1 is 1.47 bits per heavy atom. The normalized spacial score (nSPS) is 14.3. The number of nitrogens with one attached hydrogen (secondary N) is 2. The van der Waals surface area contributed by atoms with Crippen molar-refractivity contribution in [2.75, 3.05) is 19.6 Å². The van der Waals surface area contributed by atoms with E-state index in [4.69, 9.17) is 0 Å². The van der Waals surface area contributed by atoms with Crippen LogP contribution in [0.5, 0.6) is 0 Å². The van der Waals surface area contributed by atoms with Crippen molar-refractivity contribution < 1.29 is 9.18 Å². The molecule has 0 aliphatic carbocycles. The Balaban J connectivity index is 0.00000180. The Bertz CT molecular complexity index is 494. The van der Waals surface area contributed by atoms with Crippen molar-refractivity contribution in [3.05, 3.63) is 45.7 Å². The Morgan fingerprint density at radius 3 is 2.95 bits per heavy atom. The molecule has 0 saturated carbocycles. The molecule has 1 aromatic rings. The van der Waals surface area contributed by atoms with Crippen molar-refractivity contribution >= 4 is 34.2 Å². The van der Waals surface area contributed by atoms with Crippen LogP contribution in [0.15, 0.2) is 34.3 Å². The number of rotatable bonds is 3. The first-order valence-electron chi connectivity index (χ1n) is 5.78. The average molecular weight is 350 g/mol. The molecule has 3 nitrogen and oxygen atoms in total. The quantitative estimate of drug-likeness (QED) is 0.824. The van der Waals surface area contributed by atoms with Gasteiger partial charge in [-0.05, 0) is 31.2 Å². The zero-order valence-electron chi connectivity index (χ0n) is 10.2. The fourth-order valence-electron chi connectivity index (χ4n) is 1.79. The van der Waals surface area contributed by atoms with E-state index in [1.165, 1.54) is 17.7 Å². The van der Waals surface area contributed by atoms with Gasteiger partial charge in [0, 0.05) is 17.6 Å². The molecular formula is C13H15BrClFN2O. The van der Waals surface area contributed by atoms with Gasteiger partial charge < -0.3 is 10.6 Å². The summed E-state index contributed by atoms with van der Waals surface area (Å²) >= 11 is 3.23. The highest BCUT2D eigenvalue weighted by Gasteiger charge is 2.12. The monoisotopic (exact) mass is 348 g/mol. The maximum absolute atomic E-state index is 13.5. The lowest BCUT2D eigenvalue weighted by Crippen LogP contribution is -2.30. The van der Waals surface area contributed by atoms with E-state index in [0.29, 0.717) is 11.0 Å². The summed E-state index contributed by atoms with van der Waals surface area (Å²) in [7, 11) is 0. The molecule has 0 fully saturated rings. The second kappa shape index (κ2) is 7.62. The van der Waals surface area contributed by atoms with Gasteiger partial charge in [-0.15, -0.1) is 12.4 Å². The molecule has 0 spiro atoms. The summed E-state index contributed by atoms with van der Waals surface area (Å²) in [4.78, 5) is 11.8. The van der Waals surface area contributed by atoms with Crippen LogP contribution in [0.3, 0.4) is 0 Å². The minimum Gasteiger partial charge on any atom is -0.348 e. The minimum atomic E-state index is -0.505. The SMILES string of the molecule is Cl.O=C(NCC1=CCNCC1)c1cc(Br)ccc1F. The van der Waals surface area contributed by atoms with E-state index in [0.717, 1.165) is 19.5 Å². The summed E-state index contributed by atoms with van der Waals surface area (Å²) in [5, 5.41) is 5.94. The fraction of sp³-hybridized carbons (Fsp3) is 0.308. The van der Waals surface area contributed by atoms with Crippen LogP contribution >= 0.6 is 28.3 Å². The lowest BCUT2D eigenvalue weighted by molar-refractivity contribution is 0.0952. The first-order chi connectivity index (χ1) is 8.66. The number of halogens is 3. The fourth-order valence-corrected chi connectivity index (χ4v) is 2.15. The van der Waals surface area contributed by atoms with E-state index in [1.807, 2.05) is 0 Å². The van der Waals surface area contributed by atoms with Crippen LogP contribution in [-0.4, -0.2) is 25.5 Å². The van der Waals surface area contributed by atoms with E-state index >= 15 is 0 Å². The molecule has 0 atom stereocenters. The molecule has 0 bridgehead atoms. The number of carbonyl (C=O) groups excluding carboxylic acids is 1. The Kier molecular flexibility index (Phi) is 6.48. The third-order valence-corrected chi connectivity index (χ3v) is 3.30.